The molecule has 2 aromatic rings. The molecule has 1 aliphatic rings. The molecule has 1 amide bonds. The molecule has 1 aromatic carbocycles. The molecule has 1 saturated heterocycles. The minimum absolute atomic E-state index is 0.148. The highest BCUT2D eigenvalue weighted by atomic mass is 16.4. The van der Waals surface area contributed by atoms with Crippen molar-refractivity contribution in [3.05, 3.63) is 42.5 Å². The van der Waals surface area contributed by atoms with Crippen molar-refractivity contribution in [3.8, 4) is 11.3 Å². The second-order valence-electron chi connectivity index (χ2n) is 6.99. The fourth-order valence-electron chi connectivity index (χ4n) is 3.54. The lowest BCUT2D eigenvalue weighted by Crippen LogP contribution is -2.48. The van der Waals surface area contributed by atoms with Crippen LogP contribution in [0.5, 0.6) is 0 Å². The first-order chi connectivity index (χ1) is 13.6. The van der Waals surface area contributed by atoms with E-state index >= 15 is 0 Å². The largest absolute Gasteiger partial charge is 0.465 e. The number of carbonyl (C=O) groups excluding carboxylic acids is 1. The summed E-state index contributed by atoms with van der Waals surface area (Å²) in [7, 11) is 0. The van der Waals surface area contributed by atoms with Gasteiger partial charge in [0, 0.05) is 31.2 Å². The van der Waals surface area contributed by atoms with Gasteiger partial charge in [0.15, 0.2) is 5.82 Å². The second kappa shape index (κ2) is 9.27. The Morgan fingerprint density at radius 1 is 1.21 bits per heavy atom. The van der Waals surface area contributed by atoms with Gasteiger partial charge in [0.05, 0.1) is 12.2 Å². The first-order valence-electron chi connectivity index (χ1n) is 9.39. The summed E-state index contributed by atoms with van der Waals surface area (Å²) in [4.78, 5) is 25.0. The number of carbonyl (C=O) groups is 2. The van der Waals surface area contributed by atoms with Crippen LogP contribution < -0.4 is 10.6 Å². The molecule has 1 aliphatic heterocycles. The average Bonchev–Trinajstić information content (AvgIpc) is 2.74. The van der Waals surface area contributed by atoms with Crippen LogP contribution in [0.15, 0.2) is 42.5 Å². The summed E-state index contributed by atoms with van der Waals surface area (Å²) in [5, 5.41) is 17.8. The molecule has 0 saturated carbocycles. The maximum absolute atomic E-state index is 11.2. The molecule has 1 atom stereocenters. The van der Waals surface area contributed by atoms with E-state index in [4.69, 9.17) is 10.8 Å². The molecule has 0 aliphatic carbocycles. The van der Waals surface area contributed by atoms with E-state index in [1.807, 2.05) is 42.5 Å². The van der Waals surface area contributed by atoms with E-state index < -0.39 is 6.09 Å². The number of hydrogen-bond donors (Lipinski definition) is 2. The Bertz CT molecular complexity index is 776. The highest BCUT2D eigenvalue weighted by molar-refractivity contribution is 5.69. The molecule has 1 fully saturated rings. The lowest BCUT2D eigenvalue weighted by molar-refractivity contribution is -0.108. The lowest BCUT2D eigenvalue weighted by Gasteiger charge is -2.36. The number of nitrogens with two attached hydrogens (primary N) is 1. The highest BCUT2D eigenvalue weighted by Crippen LogP contribution is 2.25. The Labute approximate surface area is 164 Å². The molecule has 28 heavy (non-hydrogen) atoms. The summed E-state index contributed by atoms with van der Waals surface area (Å²) in [5.74, 6) is 1.04. The Balaban J connectivity index is 1.55. The third-order valence-corrected chi connectivity index (χ3v) is 5.19. The highest BCUT2D eigenvalue weighted by Gasteiger charge is 2.27. The van der Waals surface area contributed by atoms with E-state index in [1.54, 1.807) is 0 Å². The number of nitrogens with zero attached hydrogens (tertiary/aromatic N) is 4. The SMILES string of the molecule is NC(CN(CC=O)C(=O)O)C1CCN(c2ccc(-c3ccccc3)nn2)CC1. The van der Waals surface area contributed by atoms with Crippen LogP contribution in [0.25, 0.3) is 11.3 Å². The predicted octanol–water partition coefficient (Wildman–Crippen LogP) is 1.87. The second-order valence-corrected chi connectivity index (χ2v) is 6.99. The molecule has 148 valence electrons. The molecule has 0 bridgehead atoms. The van der Waals surface area contributed by atoms with E-state index in [9.17, 15) is 9.59 Å². The maximum Gasteiger partial charge on any atom is 0.407 e. The third kappa shape index (κ3) is 4.83. The Morgan fingerprint density at radius 2 is 1.93 bits per heavy atom. The number of rotatable bonds is 7. The van der Waals surface area contributed by atoms with Gasteiger partial charge in [0.2, 0.25) is 0 Å². The van der Waals surface area contributed by atoms with E-state index in [2.05, 4.69) is 15.1 Å². The average molecular weight is 383 g/mol. The van der Waals surface area contributed by atoms with Crippen LogP contribution >= 0.6 is 0 Å². The summed E-state index contributed by atoms with van der Waals surface area (Å²) in [6.45, 7) is 1.60. The number of carboxylic acid groups (broad SMARTS) is 1. The predicted molar refractivity (Wildman–Crippen MR) is 106 cm³/mol. The van der Waals surface area contributed by atoms with Gasteiger partial charge in [0.25, 0.3) is 0 Å². The van der Waals surface area contributed by atoms with Crippen molar-refractivity contribution in [1.82, 2.24) is 15.1 Å². The van der Waals surface area contributed by atoms with Crippen molar-refractivity contribution in [3.63, 3.8) is 0 Å². The van der Waals surface area contributed by atoms with Gasteiger partial charge in [-0.05, 0) is 30.9 Å². The molecule has 3 N–H and O–H groups in total. The number of aromatic nitrogens is 2. The zero-order valence-electron chi connectivity index (χ0n) is 15.6. The van der Waals surface area contributed by atoms with Gasteiger partial charge >= 0.3 is 6.09 Å². The van der Waals surface area contributed by atoms with Crippen LogP contribution in [-0.2, 0) is 4.79 Å². The minimum atomic E-state index is -1.12. The molecule has 1 aromatic heterocycles. The Hall–Kier alpha value is -3.00. The number of piperidine rings is 1. The van der Waals surface area contributed by atoms with Crippen molar-refractivity contribution >= 4 is 18.2 Å². The van der Waals surface area contributed by atoms with Crippen LogP contribution in [0, 0.1) is 5.92 Å². The van der Waals surface area contributed by atoms with Gasteiger partial charge in [-0.3, -0.25) is 4.90 Å². The van der Waals surface area contributed by atoms with Crippen molar-refractivity contribution < 1.29 is 14.7 Å². The van der Waals surface area contributed by atoms with Gasteiger partial charge in [-0.1, -0.05) is 30.3 Å². The molecule has 2 heterocycles. The summed E-state index contributed by atoms with van der Waals surface area (Å²) < 4.78 is 0. The summed E-state index contributed by atoms with van der Waals surface area (Å²) >= 11 is 0. The van der Waals surface area contributed by atoms with Gasteiger partial charge < -0.3 is 20.5 Å². The van der Waals surface area contributed by atoms with Crippen LogP contribution in [0.1, 0.15) is 12.8 Å². The van der Waals surface area contributed by atoms with Crippen LogP contribution in [-0.4, -0.2) is 64.8 Å². The van der Waals surface area contributed by atoms with Crippen molar-refractivity contribution in [2.45, 2.75) is 18.9 Å². The van der Waals surface area contributed by atoms with E-state index in [0.717, 1.165) is 47.9 Å². The van der Waals surface area contributed by atoms with Crippen LogP contribution in [0.4, 0.5) is 10.6 Å². The van der Waals surface area contributed by atoms with Crippen LogP contribution in [0.3, 0.4) is 0 Å². The van der Waals surface area contributed by atoms with Gasteiger partial charge in [-0.15, -0.1) is 10.2 Å². The zero-order valence-corrected chi connectivity index (χ0v) is 15.6. The quantitative estimate of drug-likeness (QED) is 0.702. The fourth-order valence-corrected chi connectivity index (χ4v) is 3.54. The summed E-state index contributed by atoms with van der Waals surface area (Å²) in [6, 6.07) is 13.6. The van der Waals surface area contributed by atoms with Gasteiger partial charge in [-0.25, -0.2) is 4.79 Å². The van der Waals surface area contributed by atoms with Gasteiger partial charge in [-0.2, -0.15) is 0 Å². The van der Waals surface area contributed by atoms with E-state index in [-0.39, 0.29) is 25.0 Å². The van der Waals surface area contributed by atoms with Crippen LogP contribution in [0.2, 0.25) is 0 Å². The molecular weight excluding hydrogens is 358 g/mol. The minimum Gasteiger partial charge on any atom is -0.465 e. The first-order valence-corrected chi connectivity index (χ1v) is 9.39. The van der Waals surface area contributed by atoms with E-state index in [0.29, 0.717) is 6.29 Å². The molecule has 3 rings (SSSR count). The smallest absolute Gasteiger partial charge is 0.407 e. The molecule has 1 unspecified atom stereocenters. The van der Waals surface area contributed by atoms with Crippen molar-refractivity contribution in [2.75, 3.05) is 31.1 Å². The normalized spacial score (nSPS) is 15.8. The van der Waals surface area contributed by atoms with Crippen molar-refractivity contribution in [1.29, 1.82) is 0 Å². The molecule has 0 radical (unpaired) electrons. The molecular formula is C20H25N5O3. The monoisotopic (exact) mass is 383 g/mol. The number of anilines is 1. The Morgan fingerprint density at radius 3 is 2.50 bits per heavy atom. The lowest BCUT2D eigenvalue weighted by atomic mass is 9.89. The topological polar surface area (TPSA) is 113 Å². The number of amides is 1. The summed E-state index contributed by atoms with van der Waals surface area (Å²) in [6.07, 6.45) is 1.16. The Kier molecular flexibility index (Phi) is 6.54. The molecule has 8 heteroatoms. The number of aldehydes is 1. The standard InChI is InChI=1S/C20H25N5O3/c21-17(14-25(12-13-26)20(27)28)15-8-10-24(11-9-15)19-7-6-18(22-23-19)16-4-2-1-3-5-16/h1-7,13,15,17H,8-12,14,21H2,(H,27,28). The molecule has 0 spiro atoms. The maximum atomic E-state index is 11.2. The number of hydrogen-bond acceptors (Lipinski definition) is 6. The van der Waals surface area contributed by atoms with Gasteiger partial charge in [0.1, 0.15) is 6.29 Å². The third-order valence-electron chi connectivity index (χ3n) is 5.19. The number of benzene rings is 1. The molecule has 8 nitrogen and oxygen atoms in total. The fraction of sp³-hybridized carbons (Fsp3) is 0.400. The zero-order chi connectivity index (χ0) is 19.9. The summed E-state index contributed by atoms with van der Waals surface area (Å²) in [5.41, 5.74) is 8.09. The van der Waals surface area contributed by atoms with Crippen molar-refractivity contribution in [2.24, 2.45) is 11.7 Å². The first kappa shape index (κ1) is 19.8. The van der Waals surface area contributed by atoms with E-state index in [1.165, 1.54) is 0 Å².